The van der Waals surface area contributed by atoms with Gasteiger partial charge < -0.3 is 14.3 Å². The fourth-order valence-electron chi connectivity index (χ4n) is 7.33. The first kappa shape index (κ1) is 21.0. The second kappa shape index (κ2) is 8.26. The molecule has 0 spiro atoms. The van der Waals surface area contributed by atoms with Crippen LogP contribution < -0.4 is 4.74 Å². The molecule has 1 N–H and O–H groups in total. The van der Waals surface area contributed by atoms with E-state index < -0.39 is 6.10 Å². The monoisotopic (exact) mass is 420 g/mol. The SMILES string of the molecule is C[N+](C)(Cc1ccccc1)C[C@@H](O)COc1ccc(C23CC4CC(CC(C4)C2)C3)cc1. The molecule has 2 aromatic rings. The van der Waals surface area contributed by atoms with Crippen LogP contribution in [-0.2, 0) is 12.0 Å². The summed E-state index contributed by atoms with van der Waals surface area (Å²) >= 11 is 0. The molecule has 4 bridgehead atoms. The van der Waals surface area contributed by atoms with Gasteiger partial charge in [0.15, 0.2) is 0 Å². The van der Waals surface area contributed by atoms with E-state index in [-0.39, 0.29) is 0 Å². The number of nitrogens with zero attached hydrogens (tertiary/aromatic N) is 1. The van der Waals surface area contributed by atoms with Crippen molar-refractivity contribution in [3.8, 4) is 5.75 Å². The Labute approximate surface area is 187 Å². The lowest BCUT2D eigenvalue weighted by Crippen LogP contribution is -2.48. The van der Waals surface area contributed by atoms with Gasteiger partial charge in [-0.15, -0.1) is 0 Å². The van der Waals surface area contributed by atoms with Crippen molar-refractivity contribution in [2.45, 2.75) is 56.6 Å². The summed E-state index contributed by atoms with van der Waals surface area (Å²) < 4.78 is 6.71. The van der Waals surface area contributed by atoms with Gasteiger partial charge in [-0.1, -0.05) is 42.5 Å². The number of benzene rings is 2. The highest BCUT2D eigenvalue weighted by Gasteiger charge is 2.51. The zero-order valence-corrected chi connectivity index (χ0v) is 19.2. The molecule has 0 saturated heterocycles. The molecule has 0 aliphatic heterocycles. The highest BCUT2D eigenvalue weighted by atomic mass is 16.5. The number of likely N-dealkylation sites (N-methyl/N-ethyl adjacent to an activating group) is 1. The molecule has 4 fully saturated rings. The number of rotatable bonds is 8. The third-order valence-corrected chi connectivity index (χ3v) is 8.11. The van der Waals surface area contributed by atoms with E-state index in [1.807, 2.05) is 6.07 Å². The van der Waals surface area contributed by atoms with Crippen LogP contribution in [0.5, 0.6) is 5.75 Å². The lowest BCUT2D eigenvalue weighted by molar-refractivity contribution is -0.906. The van der Waals surface area contributed by atoms with E-state index in [0.29, 0.717) is 18.6 Å². The highest BCUT2D eigenvalue weighted by Crippen LogP contribution is 2.60. The van der Waals surface area contributed by atoms with Gasteiger partial charge in [0.25, 0.3) is 0 Å². The van der Waals surface area contributed by atoms with Crippen LogP contribution in [0.3, 0.4) is 0 Å². The van der Waals surface area contributed by atoms with Crippen molar-refractivity contribution >= 4 is 0 Å². The largest absolute Gasteiger partial charge is 0.491 e. The lowest BCUT2D eigenvalue weighted by atomic mass is 9.48. The topological polar surface area (TPSA) is 29.5 Å². The minimum Gasteiger partial charge on any atom is -0.491 e. The van der Waals surface area contributed by atoms with Crippen LogP contribution in [0.4, 0.5) is 0 Å². The number of quaternary nitrogens is 1. The summed E-state index contributed by atoms with van der Waals surface area (Å²) in [5.41, 5.74) is 3.26. The summed E-state index contributed by atoms with van der Waals surface area (Å²) in [5.74, 6) is 3.78. The Morgan fingerprint density at radius 3 is 2.06 bits per heavy atom. The Bertz CT molecular complexity index is 838. The third-order valence-electron chi connectivity index (χ3n) is 8.11. The summed E-state index contributed by atoms with van der Waals surface area (Å²) in [7, 11) is 4.33. The first-order chi connectivity index (χ1) is 14.9. The van der Waals surface area contributed by atoms with Crippen LogP contribution in [0.25, 0.3) is 0 Å². The van der Waals surface area contributed by atoms with E-state index in [1.165, 1.54) is 49.7 Å². The van der Waals surface area contributed by atoms with Gasteiger partial charge >= 0.3 is 0 Å². The van der Waals surface area contributed by atoms with E-state index in [0.717, 1.165) is 34.5 Å². The van der Waals surface area contributed by atoms with Crippen LogP contribution in [-0.4, -0.2) is 42.9 Å². The smallest absolute Gasteiger partial charge is 0.137 e. The number of hydrogen-bond acceptors (Lipinski definition) is 2. The summed E-state index contributed by atoms with van der Waals surface area (Å²) in [6.07, 6.45) is 8.15. The van der Waals surface area contributed by atoms with E-state index in [2.05, 4.69) is 62.6 Å². The fourth-order valence-corrected chi connectivity index (χ4v) is 7.33. The van der Waals surface area contributed by atoms with Crippen LogP contribution in [0.2, 0.25) is 0 Å². The number of aliphatic hydroxyl groups excluding tert-OH is 1. The van der Waals surface area contributed by atoms with E-state index >= 15 is 0 Å². The maximum absolute atomic E-state index is 10.6. The zero-order chi connectivity index (χ0) is 21.5. The molecule has 166 valence electrons. The molecule has 0 unspecified atom stereocenters. The molecule has 0 heterocycles. The predicted molar refractivity (Wildman–Crippen MR) is 125 cm³/mol. The standard InChI is InChI=1S/C28H38NO2/c1-29(2,18-21-6-4-3-5-7-21)19-26(30)20-31-27-10-8-25(9-11-27)28-15-22-12-23(16-28)14-24(13-22)17-28/h3-11,22-24,26,30H,12-20H2,1-2H3/q+1/t22?,23?,24?,26-,28?/m1/s1. The van der Waals surface area contributed by atoms with Crippen LogP contribution >= 0.6 is 0 Å². The van der Waals surface area contributed by atoms with Crippen LogP contribution in [0.1, 0.15) is 49.7 Å². The predicted octanol–water partition coefficient (Wildman–Crippen LogP) is 5.17. The van der Waals surface area contributed by atoms with Gasteiger partial charge in [-0.3, -0.25) is 0 Å². The minimum atomic E-state index is -0.485. The molecule has 6 rings (SSSR count). The average Bonchev–Trinajstić information content (AvgIpc) is 2.72. The van der Waals surface area contributed by atoms with E-state index in [1.54, 1.807) is 0 Å². The summed E-state index contributed by atoms with van der Waals surface area (Å²) in [6, 6.07) is 19.4. The summed E-state index contributed by atoms with van der Waals surface area (Å²) in [4.78, 5) is 0. The Morgan fingerprint density at radius 1 is 0.903 bits per heavy atom. The fraction of sp³-hybridized carbons (Fsp3) is 0.571. The summed E-state index contributed by atoms with van der Waals surface area (Å²) in [5, 5.41) is 10.6. The van der Waals surface area contributed by atoms with E-state index in [4.69, 9.17) is 4.74 Å². The van der Waals surface area contributed by atoms with Crippen molar-refractivity contribution in [2.75, 3.05) is 27.2 Å². The van der Waals surface area contributed by atoms with E-state index in [9.17, 15) is 5.11 Å². The average molecular weight is 421 g/mol. The van der Waals surface area contributed by atoms with Gasteiger partial charge in [-0.2, -0.15) is 0 Å². The quantitative estimate of drug-likeness (QED) is 0.597. The molecule has 2 aromatic carbocycles. The maximum atomic E-state index is 10.6. The van der Waals surface area contributed by atoms with Gasteiger partial charge in [0, 0.05) is 5.56 Å². The summed E-state index contributed by atoms with van der Waals surface area (Å²) in [6.45, 7) is 1.91. The molecule has 4 saturated carbocycles. The third kappa shape index (κ3) is 4.68. The second-order valence-corrected chi connectivity index (χ2v) is 11.4. The molecule has 0 aromatic heterocycles. The van der Waals surface area contributed by atoms with Crippen molar-refractivity contribution in [1.82, 2.24) is 0 Å². The number of ether oxygens (including phenoxy) is 1. The van der Waals surface area contributed by atoms with Crippen molar-refractivity contribution in [2.24, 2.45) is 17.8 Å². The first-order valence-corrected chi connectivity index (χ1v) is 12.2. The van der Waals surface area contributed by atoms with Crippen molar-refractivity contribution in [3.63, 3.8) is 0 Å². The van der Waals surface area contributed by atoms with Gasteiger partial charge in [-0.25, -0.2) is 0 Å². The van der Waals surface area contributed by atoms with Crippen LogP contribution in [0.15, 0.2) is 54.6 Å². The molecule has 0 amide bonds. The number of aliphatic hydroxyl groups is 1. The molecular formula is C28H38NO2+. The molecule has 4 aliphatic carbocycles. The second-order valence-electron chi connectivity index (χ2n) is 11.4. The van der Waals surface area contributed by atoms with Crippen molar-refractivity contribution in [1.29, 1.82) is 0 Å². The van der Waals surface area contributed by atoms with Crippen molar-refractivity contribution < 1.29 is 14.3 Å². The Morgan fingerprint density at radius 2 is 1.48 bits per heavy atom. The molecule has 1 atom stereocenters. The van der Waals surface area contributed by atoms with Crippen LogP contribution in [0, 0.1) is 17.8 Å². The molecule has 4 aliphatic rings. The number of hydrogen-bond donors (Lipinski definition) is 1. The molecular weight excluding hydrogens is 382 g/mol. The van der Waals surface area contributed by atoms with Gasteiger partial charge in [0.1, 0.15) is 31.5 Å². The van der Waals surface area contributed by atoms with Gasteiger partial charge in [0.05, 0.1) is 14.1 Å². The maximum Gasteiger partial charge on any atom is 0.137 e. The molecule has 3 heteroatoms. The minimum absolute atomic E-state index is 0.340. The Balaban J connectivity index is 1.15. The molecule has 31 heavy (non-hydrogen) atoms. The molecule has 3 nitrogen and oxygen atoms in total. The Hall–Kier alpha value is -1.84. The lowest BCUT2D eigenvalue weighted by Gasteiger charge is -2.57. The van der Waals surface area contributed by atoms with Gasteiger partial charge in [0.2, 0.25) is 0 Å². The first-order valence-electron chi connectivity index (χ1n) is 12.2. The zero-order valence-electron chi connectivity index (χ0n) is 19.2. The van der Waals surface area contributed by atoms with Gasteiger partial charge in [-0.05, 0) is 79.4 Å². The van der Waals surface area contributed by atoms with Crippen molar-refractivity contribution in [3.05, 3.63) is 65.7 Å². The highest BCUT2D eigenvalue weighted by molar-refractivity contribution is 5.34. The Kier molecular flexibility index (Phi) is 5.60. The molecule has 0 radical (unpaired) electrons. The normalized spacial score (nSPS) is 30.4.